The minimum atomic E-state index is -0.553. The van der Waals surface area contributed by atoms with Gasteiger partial charge in [0, 0.05) is 0 Å². The quantitative estimate of drug-likeness (QED) is 0.384. The van der Waals surface area contributed by atoms with Crippen molar-refractivity contribution in [1.29, 1.82) is 0 Å². The van der Waals surface area contributed by atoms with Gasteiger partial charge < -0.3 is 4.42 Å². The SMILES string of the molecule is O=C(c1coc2ccccc2c1=O)N(Cc1ccccc1)c1nc2c(F)cccc2s1. The summed E-state index contributed by atoms with van der Waals surface area (Å²) in [6.45, 7) is 0.174. The molecular weight excluding hydrogens is 415 g/mol. The highest BCUT2D eigenvalue weighted by Crippen LogP contribution is 2.32. The Hall–Kier alpha value is -3.84. The van der Waals surface area contributed by atoms with E-state index in [2.05, 4.69) is 4.98 Å². The van der Waals surface area contributed by atoms with Crippen molar-refractivity contribution in [3.63, 3.8) is 0 Å². The van der Waals surface area contributed by atoms with E-state index in [0.29, 0.717) is 20.8 Å². The molecule has 2 heterocycles. The van der Waals surface area contributed by atoms with Crippen molar-refractivity contribution in [3.05, 3.63) is 106 Å². The van der Waals surface area contributed by atoms with Crippen LogP contribution in [0.4, 0.5) is 9.52 Å². The number of anilines is 1. The Balaban J connectivity index is 1.64. The van der Waals surface area contributed by atoms with Crippen LogP contribution in [0.2, 0.25) is 0 Å². The van der Waals surface area contributed by atoms with E-state index < -0.39 is 17.2 Å². The molecule has 0 atom stereocenters. The molecule has 2 aromatic heterocycles. The van der Waals surface area contributed by atoms with Crippen LogP contribution in [0.3, 0.4) is 0 Å². The fourth-order valence-electron chi connectivity index (χ4n) is 3.38. The number of amides is 1. The third kappa shape index (κ3) is 3.49. The van der Waals surface area contributed by atoms with Gasteiger partial charge in [0.2, 0.25) is 5.43 Å². The summed E-state index contributed by atoms with van der Waals surface area (Å²) >= 11 is 1.19. The van der Waals surface area contributed by atoms with Crippen molar-refractivity contribution in [3.8, 4) is 0 Å². The molecule has 5 aromatic rings. The molecule has 5 rings (SSSR count). The molecule has 0 spiro atoms. The van der Waals surface area contributed by atoms with Crippen molar-refractivity contribution in [2.45, 2.75) is 6.54 Å². The molecule has 0 radical (unpaired) electrons. The van der Waals surface area contributed by atoms with Gasteiger partial charge in [-0.15, -0.1) is 0 Å². The van der Waals surface area contributed by atoms with E-state index in [1.54, 1.807) is 36.4 Å². The molecule has 0 N–H and O–H groups in total. The van der Waals surface area contributed by atoms with E-state index in [-0.39, 0.29) is 17.6 Å². The predicted molar refractivity (Wildman–Crippen MR) is 119 cm³/mol. The van der Waals surface area contributed by atoms with Gasteiger partial charge in [0.15, 0.2) is 5.13 Å². The molecule has 3 aromatic carbocycles. The Kier molecular flexibility index (Phi) is 4.80. The number of halogens is 1. The topological polar surface area (TPSA) is 63.4 Å². The number of hydrogen-bond acceptors (Lipinski definition) is 5. The lowest BCUT2D eigenvalue weighted by atomic mass is 10.1. The predicted octanol–water partition coefficient (Wildman–Crippen LogP) is 5.39. The summed E-state index contributed by atoms with van der Waals surface area (Å²) < 4.78 is 20.4. The van der Waals surface area contributed by atoms with Crippen molar-refractivity contribution < 1.29 is 13.6 Å². The summed E-state index contributed by atoms with van der Waals surface area (Å²) in [4.78, 5) is 32.3. The van der Waals surface area contributed by atoms with Gasteiger partial charge >= 0.3 is 0 Å². The molecule has 152 valence electrons. The van der Waals surface area contributed by atoms with Gasteiger partial charge in [-0.3, -0.25) is 14.5 Å². The van der Waals surface area contributed by atoms with Gasteiger partial charge in [-0.05, 0) is 29.8 Å². The first-order valence-electron chi connectivity index (χ1n) is 9.53. The fraction of sp³-hybridized carbons (Fsp3) is 0.0417. The Labute approximate surface area is 180 Å². The zero-order valence-corrected chi connectivity index (χ0v) is 16.9. The van der Waals surface area contributed by atoms with Gasteiger partial charge in [-0.2, -0.15) is 0 Å². The summed E-state index contributed by atoms with van der Waals surface area (Å²) in [6.07, 6.45) is 1.18. The molecule has 0 bridgehead atoms. The highest BCUT2D eigenvalue weighted by Gasteiger charge is 2.25. The summed E-state index contributed by atoms with van der Waals surface area (Å²) in [5.41, 5.74) is 0.923. The molecule has 0 aliphatic rings. The highest BCUT2D eigenvalue weighted by atomic mass is 32.1. The van der Waals surface area contributed by atoms with E-state index in [1.807, 2.05) is 30.3 Å². The Morgan fingerprint density at radius 3 is 2.58 bits per heavy atom. The van der Waals surface area contributed by atoms with E-state index in [0.717, 1.165) is 5.56 Å². The number of para-hydroxylation sites is 2. The van der Waals surface area contributed by atoms with E-state index in [1.165, 1.54) is 28.6 Å². The lowest BCUT2D eigenvalue weighted by Gasteiger charge is -2.19. The van der Waals surface area contributed by atoms with Gasteiger partial charge in [-0.1, -0.05) is 59.9 Å². The van der Waals surface area contributed by atoms with Crippen molar-refractivity contribution in [1.82, 2.24) is 4.98 Å². The molecular formula is C24H15FN2O3S. The lowest BCUT2D eigenvalue weighted by molar-refractivity contribution is 0.0982. The normalized spacial score (nSPS) is 11.1. The standard InChI is InChI=1S/C24H15FN2O3S/c25-18-10-6-12-20-21(18)26-24(31-20)27(13-15-7-2-1-3-8-15)23(29)17-14-30-19-11-5-4-9-16(19)22(17)28/h1-12,14H,13H2. The maximum atomic E-state index is 14.2. The molecule has 0 saturated carbocycles. The Morgan fingerprint density at radius 2 is 1.77 bits per heavy atom. The molecule has 0 aliphatic carbocycles. The van der Waals surface area contributed by atoms with Gasteiger partial charge in [0.05, 0.1) is 16.6 Å². The lowest BCUT2D eigenvalue weighted by Crippen LogP contribution is -2.33. The van der Waals surface area contributed by atoms with Crippen LogP contribution in [0.5, 0.6) is 0 Å². The largest absolute Gasteiger partial charge is 0.463 e. The van der Waals surface area contributed by atoms with Gasteiger partial charge in [0.25, 0.3) is 5.91 Å². The van der Waals surface area contributed by atoms with Gasteiger partial charge in [-0.25, -0.2) is 9.37 Å². The van der Waals surface area contributed by atoms with Crippen molar-refractivity contribution in [2.24, 2.45) is 0 Å². The van der Waals surface area contributed by atoms with E-state index in [4.69, 9.17) is 4.42 Å². The second kappa shape index (κ2) is 7.77. The smallest absolute Gasteiger partial charge is 0.267 e. The van der Waals surface area contributed by atoms with Gasteiger partial charge in [0.1, 0.15) is 28.7 Å². The van der Waals surface area contributed by atoms with Crippen LogP contribution >= 0.6 is 11.3 Å². The first-order valence-corrected chi connectivity index (χ1v) is 10.3. The second-order valence-corrected chi connectivity index (χ2v) is 7.94. The number of fused-ring (bicyclic) bond motifs is 2. The number of nitrogens with zero attached hydrogens (tertiary/aromatic N) is 2. The number of thiazole rings is 1. The number of hydrogen-bond donors (Lipinski definition) is 0. The molecule has 5 nitrogen and oxygen atoms in total. The monoisotopic (exact) mass is 430 g/mol. The van der Waals surface area contributed by atoms with Crippen LogP contribution in [0, 0.1) is 5.82 Å². The number of aromatic nitrogens is 1. The fourth-order valence-corrected chi connectivity index (χ4v) is 4.36. The Morgan fingerprint density at radius 1 is 1.00 bits per heavy atom. The Bertz CT molecular complexity index is 1480. The number of benzene rings is 3. The molecule has 0 saturated heterocycles. The highest BCUT2D eigenvalue weighted by molar-refractivity contribution is 7.22. The maximum Gasteiger partial charge on any atom is 0.267 e. The molecule has 0 fully saturated rings. The third-order valence-corrected chi connectivity index (χ3v) is 5.97. The first kappa shape index (κ1) is 19.1. The van der Waals surface area contributed by atoms with E-state index in [9.17, 15) is 14.0 Å². The third-order valence-electron chi connectivity index (χ3n) is 4.93. The second-order valence-electron chi connectivity index (χ2n) is 6.93. The summed E-state index contributed by atoms with van der Waals surface area (Å²) in [6, 6.07) is 20.8. The van der Waals surface area contributed by atoms with Crippen LogP contribution in [-0.2, 0) is 6.54 Å². The van der Waals surface area contributed by atoms with E-state index >= 15 is 0 Å². The van der Waals surface area contributed by atoms with Crippen LogP contribution < -0.4 is 10.3 Å². The summed E-state index contributed by atoms with van der Waals surface area (Å²) in [5.74, 6) is -1.01. The van der Waals surface area contributed by atoms with Crippen molar-refractivity contribution >= 4 is 43.6 Å². The van der Waals surface area contributed by atoms with Crippen LogP contribution in [-0.4, -0.2) is 10.9 Å². The molecule has 0 aliphatic heterocycles. The molecule has 31 heavy (non-hydrogen) atoms. The molecule has 0 unspecified atom stereocenters. The zero-order valence-electron chi connectivity index (χ0n) is 16.1. The van der Waals surface area contributed by atoms with Crippen molar-refractivity contribution in [2.75, 3.05) is 4.90 Å². The zero-order chi connectivity index (χ0) is 21.4. The number of carbonyl (C=O) groups excluding carboxylic acids is 1. The summed E-state index contributed by atoms with van der Waals surface area (Å²) in [5, 5.41) is 0.630. The average molecular weight is 430 g/mol. The molecule has 1 amide bonds. The van der Waals surface area contributed by atoms with Crippen LogP contribution in [0.25, 0.3) is 21.2 Å². The first-order chi connectivity index (χ1) is 15.1. The van der Waals surface area contributed by atoms with Crippen LogP contribution in [0.15, 0.2) is 88.3 Å². The number of rotatable bonds is 4. The minimum Gasteiger partial charge on any atom is -0.463 e. The average Bonchev–Trinajstić information content (AvgIpc) is 3.24. The van der Waals surface area contributed by atoms with Crippen LogP contribution in [0.1, 0.15) is 15.9 Å². The minimum absolute atomic E-state index is 0.102. The molecule has 7 heteroatoms. The number of carbonyl (C=O) groups is 1. The summed E-state index contributed by atoms with van der Waals surface area (Å²) in [7, 11) is 0. The maximum absolute atomic E-state index is 14.2.